The molecule has 0 atom stereocenters. The lowest BCUT2D eigenvalue weighted by atomic mass is 10.1. The first-order valence-corrected chi connectivity index (χ1v) is 10.1. The molecule has 0 unspecified atom stereocenters. The molecule has 4 aromatic rings. The van der Waals surface area contributed by atoms with Gasteiger partial charge in [-0.1, -0.05) is 12.1 Å². The number of aromatic nitrogens is 3. The van der Waals surface area contributed by atoms with Crippen LogP contribution in [0.4, 0.5) is 21.7 Å². The molecule has 1 fully saturated rings. The van der Waals surface area contributed by atoms with Gasteiger partial charge in [0, 0.05) is 49.3 Å². The number of halogens is 1. The molecule has 0 radical (unpaired) electrons. The van der Waals surface area contributed by atoms with Crippen molar-refractivity contribution in [3.05, 3.63) is 72.8 Å². The van der Waals surface area contributed by atoms with E-state index in [0.717, 1.165) is 48.5 Å². The summed E-state index contributed by atoms with van der Waals surface area (Å²) in [6.07, 6.45) is 3.67. The van der Waals surface area contributed by atoms with E-state index in [1.807, 2.05) is 12.3 Å². The number of likely N-dealkylation sites (N-methyl/N-ethyl adjacent to an activating group) is 1. The molecule has 3 heterocycles. The maximum atomic E-state index is 13.2. The average Bonchev–Trinajstić information content (AvgIpc) is 3.19. The summed E-state index contributed by atoms with van der Waals surface area (Å²) < 4.78 is 15.0. The minimum Gasteiger partial charge on any atom is -0.369 e. The lowest BCUT2D eigenvalue weighted by Crippen LogP contribution is -2.44. The number of piperazine rings is 1. The number of nitrogens with one attached hydrogen (secondary N) is 1. The Bertz CT molecular complexity index is 1140. The minimum absolute atomic E-state index is 0.247. The van der Waals surface area contributed by atoms with Gasteiger partial charge >= 0.3 is 0 Å². The molecule has 2 aromatic carbocycles. The molecule has 6 nitrogen and oxygen atoms in total. The molecule has 0 saturated carbocycles. The van der Waals surface area contributed by atoms with Gasteiger partial charge in [-0.2, -0.15) is 0 Å². The first-order chi connectivity index (χ1) is 14.7. The molecule has 1 N–H and O–H groups in total. The maximum absolute atomic E-state index is 13.2. The van der Waals surface area contributed by atoms with E-state index in [2.05, 4.69) is 56.5 Å². The molecule has 2 aromatic heterocycles. The second-order valence-corrected chi connectivity index (χ2v) is 7.61. The Morgan fingerprint density at radius 2 is 1.63 bits per heavy atom. The molecule has 7 heteroatoms. The highest BCUT2D eigenvalue weighted by Gasteiger charge is 2.14. The highest BCUT2D eigenvalue weighted by Crippen LogP contribution is 2.26. The standard InChI is InChI=1S/C23H23FN6/c1-28-12-14-29(15-13-28)20-8-6-19(7-9-20)26-23-25-16-22-21(10-11-30(22)27-23)17-2-4-18(24)5-3-17/h2-11,16H,12-15H2,1H3,(H,26,27). The van der Waals surface area contributed by atoms with E-state index in [9.17, 15) is 4.39 Å². The van der Waals surface area contributed by atoms with Crippen molar-refractivity contribution >= 4 is 22.8 Å². The Balaban J connectivity index is 1.32. The highest BCUT2D eigenvalue weighted by atomic mass is 19.1. The summed E-state index contributed by atoms with van der Waals surface area (Å²) >= 11 is 0. The molecule has 0 spiro atoms. The fourth-order valence-electron chi connectivity index (χ4n) is 3.78. The average molecular weight is 402 g/mol. The SMILES string of the molecule is CN1CCN(c2ccc(Nc3ncc4c(-c5ccc(F)cc5)ccn4n3)cc2)CC1. The van der Waals surface area contributed by atoms with Crippen LogP contribution in [0.5, 0.6) is 0 Å². The van der Waals surface area contributed by atoms with Crippen molar-refractivity contribution < 1.29 is 4.39 Å². The second-order valence-electron chi connectivity index (χ2n) is 7.61. The van der Waals surface area contributed by atoms with E-state index in [1.165, 1.54) is 17.8 Å². The van der Waals surface area contributed by atoms with Crippen molar-refractivity contribution in [2.24, 2.45) is 0 Å². The summed E-state index contributed by atoms with van der Waals surface area (Å²) in [5.74, 6) is 0.278. The zero-order chi connectivity index (χ0) is 20.5. The predicted molar refractivity (Wildman–Crippen MR) is 118 cm³/mol. The smallest absolute Gasteiger partial charge is 0.245 e. The zero-order valence-electron chi connectivity index (χ0n) is 16.8. The van der Waals surface area contributed by atoms with Crippen molar-refractivity contribution in [3.63, 3.8) is 0 Å². The third-order valence-electron chi connectivity index (χ3n) is 5.56. The quantitative estimate of drug-likeness (QED) is 0.559. The van der Waals surface area contributed by atoms with Gasteiger partial charge in [0.25, 0.3) is 0 Å². The van der Waals surface area contributed by atoms with Crippen LogP contribution >= 0.6 is 0 Å². The van der Waals surface area contributed by atoms with Crippen molar-refractivity contribution in [2.75, 3.05) is 43.4 Å². The van der Waals surface area contributed by atoms with Crippen LogP contribution in [0.15, 0.2) is 67.0 Å². The van der Waals surface area contributed by atoms with Crippen LogP contribution in [0, 0.1) is 5.82 Å². The molecule has 5 rings (SSSR count). The van der Waals surface area contributed by atoms with Gasteiger partial charge in [-0.25, -0.2) is 13.9 Å². The Kier molecular flexibility index (Phi) is 4.80. The van der Waals surface area contributed by atoms with E-state index in [0.29, 0.717) is 5.95 Å². The number of anilines is 3. The lowest BCUT2D eigenvalue weighted by molar-refractivity contribution is 0.313. The highest BCUT2D eigenvalue weighted by molar-refractivity contribution is 5.80. The molecule has 30 heavy (non-hydrogen) atoms. The predicted octanol–water partition coefficient (Wildman–Crippen LogP) is 4.03. The Hall–Kier alpha value is -3.45. The maximum Gasteiger partial charge on any atom is 0.245 e. The van der Waals surface area contributed by atoms with Gasteiger partial charge in [0.05, 0.1) is 11.7 Å². The Labute approximate surface area is 174 Å². The number of benzene rings is 2. The third kappa shape index (κ3) is 3.71. The van der Waals surface area contributed by atoms with Crippen molar-refractivity contribution in [2.45, 2.75) is 0 Å². The lowest BCUT2D eigenvalue weighted by Gasteiger charge is -2.34. The van der Waals surface area contributed by atoms with Crippen LogP contribution in [0.3, 0.4) is 0 Å². The zero-order valence-corrected chi connectivity index (χ0v) is 16.8. The van der Waals surface area contributed by atoms with Crippen LogP contribution < -0.4 is 10.2 Å². The van der Waals surface area contributed by atoms with E-state index >= 15 is 0 Å². The number of hydrogen-bond donors (Lipinski definition) is 1. The van der Waals surface area contributed by atoms with Crippen LogP contribution in [0.1, 0.15) is 0 Å². The van der Waals surface area contributed by atoms with E-state index in [4.69, 9.17) is 0 Å². The molecular weight excluding hydrogens is 379 g/mol. The number of hydrogen-bond acceptors (Lipinski definition) is 5. The molecule has 1 saturated heterocycles. The molecule has 152 valence electrons. The fraction of sp³-hybridized carbons (Fsp3) is 0.217. The first-order valence-electron chi connectivity index (χ1n) is 10.1. The van der Waals surface area contributed by atoms with E-state index in [-0.39, 0.29) is 5.82 Å². The fourth-order valence-corrected chi connectivity index (χ4v) is 3.78. The number of nitrogens with zero attached hydrogens (tertiary/aromatic N) is 5. The molecular formula is C23H23FN6. The van der Waals surface area contributed by atoms with Gasteiger partial charge in [0.2, 0.25) is 5.95 Å². The first kappa shape index (κ1) is 18.6. The van der Waals surface area contributed by atoms with Gasteiger partial charge in [-0.3, -0.25) is 0 Å². The summed E-state index contributed by atoms with van der Waals surface area (Å²) in [4.78, 5) is 9.22. The minimum atomic E-state index is -0.247. The Morgan fingerprint density at radius 3 is 2.37 bits per heavy atom. The van der Waals surface area contributed by atoms with Crippen LogP contribution in [0.2, 0.25) is 0 Å². The third-order valence-corrected chi connectivity index (χ3v) is 5.56. The van der Waals surface area contributed by atoms with Crippen LogP contribution in [-0.4, -0.2) is 52.7 Å². The molecule has 1 aliphatic rings. The number of rotatable bonds is 4. The largest absolute Gasteiger partial charge is 0.369 e. The van der Waals surface area contributed by atoms with Gasteiger partial charge < -0.3 is 15.1 Å². The van der Waals surface area contributed by atoms with E-state index < -0.39 is 0 Å². The summed E-state index contributed by atoms with van der Waals surface area (Å²) in [5.41, 5.74) is 4.95. The molecule has 1 aliphatic heterocycles. The monoisotopic (exact) mass is 402 g/mol. The summed E-state index contributed by atoms with van der Waals surface area (Å²) in [5, 5.41) is 7.83. The second kappa shape index (κ2) is 7.76. The van der Waals surface area contributed by atoms with Gasteiger partial charge in [0.1, 0.15) is 5.82 Å². The van der Waals surface area contributed by atoms with E-state index in [1.54, 1.807) is 22.8 Å². The van der Waals surface area contributed by atoms with Crippen molar-refractivity contribution in [3.8, 4) is 11.1 Å². The van der Waals surface area contributed by atoms with Gasteiger partial charge in [-0.15, -0.1) is 5.10 Å². The number of fused-ring (bicyclic) bond motifs is 1. The summed E-state index contributed by atoms with van der Waals surface area (Å²) in [6, 6.07) is 16.8. The Morgan fingerprint density at radius 1 is 0.900 bits per heavy atom. The summed E-state index contributed by atoms with van der Waals surface area (Å²) in [7, 11) is 2.16. The van der Waals surface area contributed by atoms with Gasteiger partial charge in [-0.05, 0) is 55.1 Å². The summed E-state index contributed by atoms with van der Waals surface area (Å²) in [6.45, 7) is 4.27. The molecule has 0 bridgehead atoms. The molecule has 0 aliphatic carbocycles. The van der Waals surface area contributed by atoms with Crippen LogP contribution in [0.25, 0.3) is 16.6 Å². The normalized spacial score (nSPS) is 14.9. The van der Waals surface area contributed by atoms with Crippen LogP contribution in [-0.2, 0) is 0 Å². The van der Waals surface area contributed by atoms with Crippen molar-refractivity contribution in [1.29, 1.82) is 0 Å². The van der Waals surface area contributed by atoms with Gasteiger partial charge in [0.15, 0.2) is 0 Å². The molecule has 0 amide bonds. The van der Waals surface area contributed by atoms with Crippen molar-refractivity contribution in [1.82, 2.24) is 19.5 Å². The topological polar surface area (TPSA) is 48.7 Å².